The number of furan rings is 1. The maximum Gasteiger partial charge on any atom is 0.161 e. The van der Waals surface area contributed by atoms with Gasteiger partial charge in [-0.1, -0.05) is 188 Å². The summed E-state index contributed by atoms with van der Waals surface area (Å²) in [4.78, 5) is 10.6. The summed E-state index contributed by atoms with van der Waals surface area (Å²) >= 11 is 0. The lowest BCUT2D eigenvalue weighted by Crippen LogP contribution is -2.25. The number of hydrogen-bond acceptors (Lipinski definition) is 3. The average Bonchev–Trinajstić information content (AvgIpc) is 3.93. The molecule has 8 aromatic carbocycles. The molecule has 0 fully saturated rings. The predicted molar refractivity (Wildman–Crippen MR) is 235 cm³/mol. The number of hydrogen-bond donors (Lipinski definition) is 0. The summed E-state index contributed by atoms with van der Waals surface area (Å²) in [7, 11) is 0. The lowest BCUT2D eigenvalue weighted by molar-refractivity contribution is 0.628. The monoisotopic (exact) mass is 738 g/mol. The molecule has 0 amide bonds. The number of para-hydroxylation sites is 1. The molecule has 0 radical (unpaired) electrons. The molecule has 270 valence electrons. The van der Waals surface area contributed by atoms with Gasteiger partial charge < -0.3 is 4.42 Å². The van der Waals surface area contributed by atoms with E-state index in [1.807, 2.05) is 12.1 Å². The Balaban J connectivity index is 1.06. The highest BCUT2D eigenvalue weighted by atomic mass is 16.3. The lowest BCUT2D eigenvalue weighted by Gasteiger charge is -2.30. The third kappa shape index (κ3) is 4.74. The highest BCUT2D eigenvalue weighted by Gasteiger charge is 2.54. The van der Waals surface area contributed by atoms with Gasteiger partial charge in [-0.25, -0.2) is 9.97 Å². The zero-order chi connectivity index (χ0) is 38.2. The lowest BCUT2D eigenvalue weighted by atomic mass is 9.70. The maximum atomic E-state index is 6.75. The van der Waals surface area contributed by atoms with Crippen molar-refractivity contribution in [3.63, 3.8) is 0 Å². The van der Waals surface area contributed by atoms with Crippen molar-refractivity contribution < 1.29 is 4.42 Å². The molecule has 1 spiro atoms. The van der Waals surface area contributed by atoms with E-state index in [9.17, 15) is 0 Å². The van der Waals surface area contributed by atoms with Crippen molar-refractivity contribution >= 4 is 11.0 Å². The average molecular weight is 739 g/mol. The van der Waals surface area contributed by atoms with E-state index in [1.54, 1.807) is 0 Å². The molecular formula is C55H34N2O. The SMILES string of the molecule is c1ccc(-c2ccc(-c3cc(-c4ccccc4)nc(-c4ccccc4-c4ccc5c(c4)C4(c6ccccc6-5)c5ccccc5-c5oc6ccccc6c54)n3)cc2)cc1. The second-order valence-corrected chi connectivity index (χ2v) is 15.2. The molecule has 2 aliphatic carbocycles. The molecule has 0 saturated carbocycles. The number of benzene rings is 8. The zero-order valence-electron chi connectivity index (χ0n) is 31.4. The fourth-order valence-electron chi connectivity index (χ4n) is 9.62. The van der Waals surface area contributed by atoms with Gasteiger partial charge in [-0.3, -0.25) is 0 Å². The van der Waals surface area contributed by atoms with Crippen LogP contribution in [0.2, 0.25) is 0 Å². The Morgan fingerprint density at radius 2 is 0.845 bits per heavy atom. The largest absolute Gasteiger partial charge is 0.456 e. The first-order valence-corrected chi connectivity index (χ1v) is 19.8. The first-order valence-electron chi connectivity index (χ1n) is 19.8. The highest BCUT2D eigenvalue weighted by molar-refractivity contribution is 6.02. The Bertz CT molecular complexity index is 3220. The Hall–Kier alpha value is -7.62. The van der Waals surface area contributed by atoms with Gasteiger partial charge in [-0.2, -0.15) is 0 Å². The van der Waals surface area contributed by atoms with Gasteiger partial charge in [0.15, 0.2) is 5.82 Å². The van der Waals surface area contributed by atoms with Crippen LogP contribution in [0.4, 0.5) is 0 Å². The van der Waals surface area contributed by atoms with E-state index < -0.39 is 5.41 Å². The normalized spacial score (nSPS) is 14.6. The van der Waals surface area contributed by atoms with Crippen molar-refractivity contribution in [3.8, 4) is 78.6 Å². The molecule has 2 aliphatic rings. The fraction of sp³-hybridized carbons (Fsp3) is 0.0182. The first-order chi connectivity index (χ1) is 28.8. The molecule has 2 aromatic heterocycles. The Morgan fingerprint density at radius 3 is 1.59 bits per heavy atom. The molecule has 2 heterocycles. The van der Waals surface area contributed by atoms with E-state index in [0.29, 0.717) is 5.82 Å². The second kappa shape index (κ2) is 12.7. The van der Waals surface area contributed by atoms with E-state index in [1.165, 1.54) is 44.5 Å². The number of aromatic nitrogens is 2. The topological polar surface area (TPSA) is 38.9 Å². The third-order valence-electron chi connectivity index (χ3n) is 12.2. The standard InChI is InChI=1S/C55H34N2O/c1-3-15-35(16-4-1)36-27-29-38(30-28-36)50-34-49(37-17-5-2-6-18-37)56-54(57-50)43-21-8-7-19-40(43)39-31-32-42-41-20-9-12-24-46(41)55(48(42)33-39)47-25-13-10-22-44(47)53-52(55)45-23-11-14-26-51(45)58-53/h1-34H. The van der Waals surface area contributed by atoms with Gasteiger partial charge in [-0.15, -0.1) is 0 Å². The minimum Gasteiger partial charge on any atom is -0.456 e. The second-order valence-electron chi connectivity index (χ2n) is 15.2. The van der Waals surface area contributed by atoms with Crippen LogP contribution in [0.15, 0.2) is 211 Å². The summed E-state index contributed by atoms with van der Waals surface area (Å²) < 4.78 is 6.75. The molecule has 3 nitrogen and oxygen atoms in total. The summed E-state index contributed by atoms with van der Waals surface area (Å²) in [6.45, 7) is 0. The molecule has 1 unspecified atom stereocenters. The Kier molecular flexibility index (Phi) is 7.14. The highest BCUT2D eigenvalue weighted by Crippen LogP contribution is 2.65. The zero-order valence-corrected chi connectivity index (χ0v) is 31.4. The molecule has 58 heavy (non-hydrogen) atoms. The third-order valence-corrected chi connectivity index (χ3v) is 12.2. The van der Waals surface area contributed by atoms with Gasteiger partial charge in [-0.05, 0) is 68.3 Å². The molecular weight excluding hydrogens is 705 g/mol. The van der Waals surface area contributed by atoms with Crippen LogP contribution in [0.25, 0.3) is 89.6 Å². The summed E-state index contributed by atoms with van der Waals surface area (Å²) in [6.07, 6.45) is 0. The Morgan fingerprint density at radius 1 is 0.345 bits per heavy atom. The summed E-state index contributed by atoms with van der Waals surface area (Å²) in [5.74, 6) is 1.65. The summed E-state index contributed by atoms with van der Waals surface area (Å²) in [5.41, 5.74) is 18.4. The number of rotatable bonds is 5. The van der Waals surface area contributed by atoms with Crippen LogP contribution in [0.3, 0.4) is 0 Å². The molecule has 1 atom stereocenters. The van der Waals surface area contributed by atoms with E-state index in [-0.39, 0.29) is 0 Å². The molecule has 0 N–H and O–H groups in total. The van der Waals surface area contributed by atoms with Gasteiger partial charge in [0, 0.05) is 33.2 Å². The van der Waals surface area contributed by atoms with Gasteiger partial charge in [0.05, 0.1) is 16.8 Å². The number of fused-ring (bicyclic) bond motifs is 12. The molecule has 3 heteroatoms. The van der Waals surface area contributed by atoms with E-state index >= 15 is 0 Å². The van der Waals surface area contributed by atoms with E-state index in [0.717, 1.165) is 61.5 Å². The van der Waals surface area contributed by atoms with Crippen molar-refractivity contribution in [3.05, 3.63) is 229 Å². The molecule has 10 aromatic rings. The van der Waals surface area contributed by atoms with Crippen LogP contribution in [-0.4, -0.2) is 9.97 Å². The summed E-state index contributed by atoms with van der Waals surface area (Å²) in [5, 5.41) is 1.15. The molecule has 12 rings (SSSR count). The van der Waals surface area contributed by atoms with Crippen molar-refractivity contribution in [2.45, 2.75) is 5.41 Å². The van der Waals surface area contributed by atoms with Crippen LogP contribution >= 0.6 is 0 Å². The quantitative estimate of drug-likeness (QED) is 0.176. The molecule has 0 saturated heterocycles. The van der Waals surface area contributed by atoms with E-state index in [4.69, 9.17) is 14.4 Å². The minimum atomic E-state index is -0.543. The Labute approximate surface area is 336 Å². The number of nitrogens with zero attached hydrogens (tertiary/aromatic N) is 2. The predicted octanol–water partition coefficient (Wildman–Crippen LogP) is 13.9. The van der Waals surface area contributed by atoms with Crippen LogP contribution in [0.1, 0.15) is 22.3 Å². The van der Waals surface area contributed by atoms with Crippen LogP contribution in [0, 0.1) is 0 Å². The van der Waals surface area contributed by atoms with Crippen molar-refractivity contribution in [1.29, 1.82) is 0 Å². The maximum absolute atomic E-state index is 6.75. The van der Waals surface area contributed by atoms with Gasteiger partial charge >= 0.3 is 0 Å². The van der Waals surface area contributed by atoms with Crippen molar-refractivity contribution in [2.24, 2.45) is 0 Å². The van der Waals surface area contributed by atoms with Crippen LogP contribution in [0.5, 0.6) is 0 Å². The van der Waals surface area contributed by atoms with Crippen molar-refractivity contribution in [1.82, 2.24) is 9.97 Å². The van der Waals surface area contributed by atoms with Crippen LogP contribution in [-0.2, 0) is 5.41 Å². The van der Waals surface area contributed by atoms with E-state index in [2.05, 4.69) is 194 Å². The molecule has 0 bridgehead atoms. The first kappa shape index (κ1) is 32.6. The minimum absolute atomic E-state index is 0.543. The van der Waals surface area contributed by atoms with Crippen molar-refractivity contribution in [2.75, 3.05) is 0 Å². The van der Waals surface area contributed by atoms with Gasteiger partial charge in [0.25, 0.3) is 0 Å². The van der Waals surface area contributed by atoms with Crippen LogP contribution < -0.4 is 0 Å². The smallest absolute Gasteiger partial charge is 0.161 e. The fourth-order valence-corrected chi connectivity index (χ4v) is 9.62. The summed E-state index contributed by atoms with van der Waals surface area (Å²) in [6, 6.07) is 73.5. The van der Waals surface area contributed by atoms with Gasteiger partial charge in [0.2, 0.25) is 0 Å². The molecule has 0 aliphatic heterocycles. The van der Waals surface area contributed by atoms with Gasteiger partial charge in [0.1, 0.15) is 11.3 Å².